The van der Waals surface area contributed by atoms with E-state index < -0.39 is 22.8 Å². The van der Waals surface area contributed by atoms with Crippen molar-refractivity contribution in [3.05, 3.63) is 38.9 Å². The van der Waals surface area contributed by atoms with Crippen molar-refractivity contribution in [2.24, 2.45) is 11.7 Å². The van der Waals surface area contributed by atoms with E-state index >= 15 is 0 Å². The molecule has 0 bridgehead atoms. The number of hydrogen-bond donors (Lipinski definition) is 3. The maximum absolute atomic E-state index is 11.7. The fourth-order valence-corrected chi connectivity index (χ4v) is 1.84. The number of amides is 2. The smallest absolute Gasteiger partial charge is 0.269 e. The number of carbonyl (C=O) groups is 2. The van der Waals surface area contributed by atoms with E-state index in [-0.39, 0.29) is 24.7 Å². The minimum Gasteiger partial charge on any atom is -0.350 e. The molecule has 0 aliphatic carbocycles. The number of nitro groups is 1. The lowest BCUT2D eigenvalue weighted by Crippen LogP contribution is -2.47. The predicted octanol–water partition coefficient (Wildman–Crippen LogP) is 0.964. The quantitative estimate of drug-likeness (QED) is 0.502. The Kier molecular flexibility index (Phi) is 6.92. The molecule has 0 spiro atoms. The van der Waals surface area contributed by atoms with Gasteiger partial charge in [0.1, 0.15) is 0 Å². The number of carbonyl (C=O) groups excluding carboxylic acids is 2. The number of nitrogens with one attached hydrogen (secondary N) is 2. The summed E-state index contributed by atoms with van der Waals surface area (Å²) >= 11 is 5.93. The molecule has 0 saturated carbocycles. The number of benzene rings is 1. The molecule has 0 aliphatic heterocycles. The molecule has 0 aromatic heterocycles. The first-order valence-corrected chi connectivity index (χ1v) is 7.33. The van der Waals surface area contributed by atoms with Crippen LogP contribution >= 0.6 is 11.6 Å². The molecular formula is C14H19ClN4O4. The Morgan fingerprint density at radius 1 is 1.35 bits per heavy atom. The van der Waals surface area contributed by atoms with Crippen molar-refractivity contribution in [3.63, 3.8) is 0 Å². The monoisotopic (exact) mass is 342 g/mol. The average Bonchev–Trinajstić information content (AvgIpc) is 2.50. The van der Waals surface area contributed by atoms with Crippen LogP contribution in [-0.4, -0.2) is 29.3 Å². The summed E-state index contributed by atoms with van der Waals surface area (Å²) in [5.74, 6) is -0.901. The van der Waals surface area contributed by atoms with Crippen LogP contribution in [0.2, 0.25) is 5.02 Å². The van der Waals surface area contributed by atoms with Gasteiger partial charge in [-0.05, 0) is 17.5 Å². The molecule has 1 atom stereocenters. The van der Waals surface area contributed by atoms with Crippen molar-refractivity contribution >= 4 is 29.1 Å². The Balaban J connectivity index is 2.52. The zero-order valence-electron chi connectivity index (χ0n) is 12.8. The molecule has 126 valence electrons. The Hall–Kier alpha value is -2.19. The topological polar surface area (TPSA) is 127 Å². The lowest BCUT2D eigenvalue weighted by molar-refractivity contribution is -0.384. The van der Waals surface area contributed by atoms with Gasteiger partial charge in [-0.15, -0.1) is 0 Å². The Morgan fingerprint density at radius 2 is 2.00 bits per heavy atom. The maximum Gasteiger partial charge on any atom is 0.269 e. The standard InChI is InChI=1S/C14H19ClN4O4/c1-8(2)13(16)14(21)18-7-12(20)17-6-9-5-10(19(22)23)3-4-11(9)15/h3-5,8,13H,6-7,16H2,1-2H3,(H,17,20)(H,18,21)/t13-/m0/s1. The molecule has 0 saturated heterocycles. The van der Waals surface area contributed by atoms with Gasteiger partial charge in [0.2, 0.25) is 11.8 Å². The molecule has 1 rings (SSSR count). The van der Waals surface area contributed by atoms with Crippen molar-refractivity contribution in [2.45, 2.75) is 26.4 Å². The molecule has 0 aliphatic rings. The highest BCUT2D eigenvalue weighted by atomic mass is 35.5. The number of rotatable bonds is 7. The first-order chi connectivity index (χ1) is 10.7. The lowest BCUT2D eigenvalue weighted by atomic mass is 10.1. The van der Waals surface area contributed by atoms with Crippen LogP contribution in [0.4, 0.5) is 5.69 Å². The third-order valence-electron chi connectivity index (χ3n) is 3.16. The highest BCUT2D eigenvalue weighted by Crippen LogP contribution is 2.21. The van der Waals surface area contributed by atoms with Crippen molar-refractivity contribution in [3.8, 4) is 0 Å². The Labute approximate surface area is 138 Å². The first kappa shape index (κ1) is 18.9. The summed E-state index contributed by atoms with van der Waals surface area (Å²) in [4.78, 5) is 33.5. The molecule has 0 unspecified atom stereocenters. The summed E-state index contributed by atoms with van der Waals surface area (Å²) in [5.41, 5.74) is 5.95. The van der Waals surface area contributed by atoms with E-state index in [1.165, 1.54) is 18.2 Å². The van der Waals surface area contributed by atoms with Crippen LogP contribution in [0.1, 0.15) is 19.4 Å². The summed E-state index contributed by atoms with van der Waals surface area (Å²) < 4.78 is 0. The predicted molar refractivity (Wildman–Crippen MR) is 85.8 cm³/mol. The molecule has 1 aromatic carbocycles. The van der Waals surface area contributed by atoms with Crippen LogP contribution in [0.25, 0.3) is 0 Å². The van der Waals surface area contributed by atoms with Gasteiger partial charge in [0.15, 0.2) is 0 Å². The van der Waals surface area contributed by atoms with E-state index in [9.17, 15) is 19.7 Å². The maximum atomic E-state index is 11.7. The zero-order chi connectivity index (χ0) is 17.6. The van der Waals surface area contributed by atoms with E-state index in [4.69, 9.17) is 17.3 Å². The minimum absolute atomic E-state index is 0.0193. The van der Waals surface area contributed by atoms with Gasteiger partial charge in [0.05, 0.1) is 17.5 Å². The van der Waals surface area contributed by atoms with E-state index in [2.05, 4.69) is 10.6 Å². The second kappa shape index (κ2) is 8.44. The van der Waals surface area contributed by atoms with Gasteiger partial charge in [0.25, 0.3) is 5.69 Å². The number of nitrogens with two attached hydrogens (primary N) is 1. The molecular weight excluding hydrogens is 324 g/mol. The van der Waals surface area contributed by atoms with Gasteiger partial charge in [-0.1, -0.05) is 25.4 Å². The third-order valence-corrected chi connectivity index (χ3v) is 3.53. The highest BCUT2D eigenvalue weighted by molar-refractivity contribution is 6.31. The molecule has 4 N–H and O–H groups in total. The first-order valence-electron chi connectivity index (χ1n) is 6.95. The molecule has 23 heavy (non-hydrogen) atoms. The average molecular weight is 343 g/mol. The van der Waals surface area contributed by atoms with E-state index in [1.54, 1.807) is 13.8 Å². The van der Waals surface area contributed by atoms with Crippen LogP contribution < -0.4 is 16.4 Å². The van der Waals surface area contributed by atoms with Crippen molar-refractivity contribution in [1.29, 1.82) is 0 Å². The summed E-state index contributed by atoms with van der Waals surface area (Å²) in [7, 11) is 0. The number of nitro benzene ring substituents is 1. The number of non-ortho nitro benzene ring substituents is 1. The highest BCUT2D eigenvalue weighted by Gasteiger charge is 2.17. The molecule has 8 nitrogen and oxygen atoms in total. The summed E-state index contributed by atoms with van der Waals surface area (Å²) in [6.45, 7) is 3.39. The molecule has 0 radical (unpaired) electrons. The third kappa shape index (κ3) is 5.84. The number of halogens is 1. The van der Waals surface area contributed by atoms with Crippen LogP contribution in [0, 0.1) is 16.0 Å². The van der Waals surface area contributed by atoms with Crippen molar-refractivity contribution in [2.75, 3.05) is 6.54 Å². The van der Waals surface area contributed by atoms with Crippen LogP contribution in [0.15, 0.2) is 18.2 Å². The zero-order valence-corrected chi connectivity index (χ0v) is 13.6. The second-order valence-electron chi connectivity index (χ2n) is 5.30. The lowest BCUT2D eigenvalue weighted by Gasteiger charge is -2.15. The van der Waals surface area contributed by atoms with E-state index in [1.807, 2.05) is 0 Å². The Morgan fingerprint density at radius 3 is 2.57 bits per heavy atom. The number of nitrogens with zero attached hydrogens (tertiary/aromatic N) is 1. The van der Waals surface area contributed by atoms with Gasteiger partial charge < -0.3 is 16.4 Å². The molecule has 9 heteroatoms. The van der Waals surface area contributed by atoms with Crippen LogP contribution in [0.5, 0.6) is 0 Å². The fraction of sp³-hybridized carbons (Fsp3) is 0.429. The van der Waals surface area contributed by atoms with Crippen LogP contribution in [-0.2, 0) is 16.1 Å². The van der Waals surface area contributed by atoms with E-state index in [0.717, 1.165) is 0 Å². The molecule has 2 amide bonds. The summed E-state index contributed by atoms with van der Waals surface area (Å²) in [5, 5.41) is 16.0. The van der Waals surface area contributed by atoms with Gasteiger partial charge in [-0.2, -0.15) is 0 Å². The SMILES string of the molecule is CC(C)[C@H](N)C(=O)NCC(=O)NCc1cc([N+](=O)[O-])ccc1Cl. The second-order valence-corrected chi connectivity index (χ2v) is 5.70. The fourth-order valence-electron chi connectivity index (χ4n) is 1.65. The normalized spacial score (nSPS) is 11.9. The summed E-state index contributed by atoms with van der Waals surface area (Å²) in [6, 6.07) is 3.27. The van der Waals surface area contributed by atoms with E-state index in [0.29, 0.717) is 10.6 Å². The van der Waals surface area contributed by atoms with Crippen molar-refractivity contribution in [1.82, 2.24) is 10.6 Å². The molecule has 1 aromatic rings. The number of hydrogen-bond acceptors (Lipinski definition) is 5. The Bertz CT molecular complexity index is 606. The van der Waals surface area contributed by atoms with Crippen LogP contribution in [0.3, 0.4) is 0 Å². The minimum atomic E-state index is -0.686. The largest absolute Gasteiger partial charge is 0.350 e. The van der Waals surface area contributed by atoms with Gasteiger partial charge >= 0.3 is 0 Å². The van der Waals surface area contributed by atoms with Gasteiger partial charge in [-0.3, -0.25) is 19.7 Å². The molecule has 0 heterocycles. The summed E-state index contributed by atoms with van der Waals surface area (Å²) in [6.07, 6.45) is 0. The van der Waals surface area contributed by atoms with Crippen molar-refractivity contribution < 1.29 is 14.5 Å². The van der Waals surface area contributed by atoms with Gasteiger partial charge in [0, 0.05) is 23.7 Å². The van der Waals surface area contributed by atoms with Gasteiger partial charge in [-0.25, -0.2) is 0 Å². The molecule has 0 fully saturated rings.